The van der Waals surface area contributed by atoms with Gasteiger partial charge in [0.05, 0.1) is 13.2 Å². The van der Waals surface area contributed by atoms with Crippen molar-refractivity contribution in [2.24, 2.45) is 5.41 Å². The molecule has 4 heteroatoms. The van der Waals surface area contributed by atoms with E-state index in [4.69, 9.17) is 4.74 Å². The van der Waals surface area contributed by atoms with Gasteiger partial charge in [-0.3, -0.25) is 4.98 Å². The first kappa shape index (κ1) is 20.1. The summed E-state index contributed by atoms with van der Waals surface area (Å²) in [6.07, 6.45) is 4.83. The molecule has 1 unspecified atom stereocenters. The van der Waals surface area contributed by atoms with Crippen molar-refractivity contribution in [1.29, 1.82) is 0 Å². The van der Waals surface area contributed by atoms with E-state index in [9.17, 15) is 0 Å². The highest BCUT2D eigenvalue weighted by Crippen LogP contribution is 2.34. The lowest BCUT2D eigenvalue weighted by Gasteiger charge is -2.28. The van der Waals surface area contributed by atoms with Crippen LogP contribution in [0.4, 0.5) is 0 Å². The molecular formula is C25H33N3O. The maximum atomic E-state index is 6.49. The number of fused-ring (bicyclic) bond motifs is 3. The molecule has 0 amide bonds. The molecule has 1 aliphatic rings. The van der Waals surface area contributed by atoms with Gasteiger partial charge < -0.3 is 14.2 Å². The molecule has 4 rings (SSSR count). The number of pyridine rings is 1. The third kappa shape index (κ3) is 4.39. The van der Waals surface area contributed by atoms with E-state index < -0.39 is 0 Å². The summed E-state index contributed by atoms with van der Waals surface area (Å²) in [6, 6.07) is 11.0. The second-order valence-electron chi connectivity index (χ2n) is 9.69. The van der Waals surface area contributed by atoms with Crippen molar-refractivity contribution in [2.45, 2.75) is 53.3 Å². The second kappa shape index (κ2) is 7.92. The molecule has 0 aliphatic carbocycles. The Hall–Kier alpha value is -2.17. The van der Waals surface area contributed by atoms with E-state index in [2.05, 4.69) is 79.5 Å². The summed E-state index contributed by atoms with van der Waals surface area (Å²) in [4.78, 5) is 6.63. The number of nitrogens with zero attached hydrogens (tertiary/aromatic N) is 3. The molecule has 0 radical (unpaired) electrons. The van der Waals surface area contributed by atoms with Crippen LogP contribution in [0.15, 0.2) is 42.7 Å². The summed E-state index contributed by atoms with van der Waals surface area (Å²) >= 11 is 0. The normalized spacial score (nSPS) is 16.2. The summed E-state index contributed by atoms with van der Waals surface area (Å²) in [6.45, 7) is 12.5. The van der Waals surface area contributed by atoms with Crippen LogP contribution in [0.2, 0.25) is 0 Å². The molecule has 0 saturated heterocycles. The number of likely N-dealkylation sites (N-methyl/N-ethyl adjacent to an activating group) is 1. The Morgan fingerprint density at radius 3 is 2.62 bits per heavy atom. The minimum Gasteiger partial charge on any atom is -0.371 e. The van der Waals surface area contributed by atoms with Crippen molar-refractivity contribution in [3.05, 3.63) is 65.1 Å². The molecule has 1 aromatic carbocycles. The minimum atomic E-state index is 0.0119. The van der Waals surface area contributed by atoms with Gasteiger partial charge in [0.15, 0.2) is 0 Å². The summed E-state index contributed by atoms with van der Waals surface area (Å²) in [7, 11) is 2.22. The second-order valence-corrected chi connectivity index (χ2v) is 9.69. The number of hydrogen-bond acceptors (Lipinski definition) is 3. The maximum absolute atomic E-state index is 6.49. The van der Waals surface area contributed by atoms with Gasteiger partial charge in [-0.25, -0.2) is 0 Å². The summed E-state index contributed by atoms with van der Waals surface area (Å²) in [5.74, 6) is 0. The third-order valence-corrected chi connectivity index (χ3v) is 5.74. The molecule has 0 fully saturated rings. The quantitative estimate of drug-likeness (QED) is 0.603. The van der Waals surface area contributed by atoms with Gasteiger partial charge in [0, 0.05) is 48.5 Å². The Kier molecular flexibility index (Phi) is 5.50. The molecule has 3 aromatic rings. The van der Waals surface area contributed by atoms with E-state index in [1.165, 1.54) is 33.3 Å². The lowest BCUT2D eigenvalue weighted by Crippen LogP contribution is -2.28. The van der Waals surface area contributed by atoms with Crippen molar-refractivity contribution in [3.63, 3.8) is 0 Å². The van der Waals surface area contributed by atoms with Crippen LogP contribution in [0.3, 0.4) is 0 Å². The molecule has 154 valence electrons. The summed E-state index contributed by atoms with van der Waals surface area (Å²) in [5, 5.41) is 1.40. The Bertz CT molecular complexity index is 985. The zero-order valence-corrected chi connectivity index (χ0v) is 18.4. The summed E-state index contributed by atoms with van der Waals surface area (Å²) < 4.78 is 9.01. The number of aryl methyl sites for hydroxylation is 1. The first-order valence-corrected chi connectivity index (χ1v) is 10.6. The minimum absolute atomic E-state index is 0.0119. The molecule has 0 saturated carbocycles. The molecule has 29 heavy (non-hydrogen) atoms. The Balaban J connectivity index is 1.76. The predicted molar refractivity (Wildman–Crippen MR) is 119 cm³/mol. The molecule has 2 aromatic heterocycles. The SMILES string of the molecule is Cc1ccc2c(c1)c1c(n2CC(OCC(C)(C)C)c2ccncc2)CCN(C)C1. The average Bonchev–Trinajstić information content (AvgIpc) is 2.97. The molecule has 4 nitrogen and oxygen atoms in total. The predicted octanol–water partition coefficient (Wildman–Crippen LogP) is 5.14. The molecule has 0 bridgehead atoms. The van der Waals surface area contributed by atoms with Gasteiger partial charge in [0.1, 0.15) is 6.10 Å². The molecule has 1 atom stereocenters. The topological polar surface area (TPSA) is 30.3 Å². The van der Waals surface area contributed by atoms with Crippen LogP contribution in [0, 0.1) is 12.3 Å². The fourth-order valence-corrected chi connectivity index (χ4v) is 4.26. The van der Waals surface area contributed by atoms with E-state index in [0.717, 1.165) is 32.7 Å². The Morgan fingerprint density at radius 1 is 1.14 bits per heavy atom. The van der Waals surface area contributed by atoms with Gasteiger partial charge >= 0.3 is 0 Å². The van der Waals surface area contributed by atoms with Gasteiger partial charge in [0.2, 0.25) is 0 Å². The maximum Gasteiger partial charge on any atom is 0.100 e. The zero-order valence-electron chi connectivity index (χ0n) is 18.4. The molecule has 1 aliphatic heterocycles. The van der Waals surface area contributed by atoms with Gasteiger partial charge in [0.25, 0.3) is 0 Å². The van der Waals surface area contributed by atoms with Crippen molar-refractivity contribution < 1.29 is 4.74 Å². The highest BCUT2D eigenvalue weighted by atomic mass is 16.5. The number of rotatable bonds is 5. The first-order chi connectivity index (χ1) is 13.8. The zero-order chi connectivity index (χ0) is 20.6. The van der Waals surface area contributed by atoms with Crippen LogP contribution >= 0.6 is 0 Å². The third-order valence-electron chi connectivity index (χ3n) is 5.74. The largest absolute Gasteiger partial charge is 0.371 e. The van der Waals surface area contributed by atoms with E-state index in [1.54, 1.807) is 0 Å². The lowest BCUT2D eigenvalue weighted by atomic mass is 9.98. The van der Waals surface area contributed by atoms with Crippen LogP contribution in [0.5, 0.6) is 0 Å². The van der Waals surface area contributed by atoms with E-state index in [-0.39, 0.29) is 11.5 Å². The Labute approximate surface area is 174 Å². The number of aromatic nitrogens is 2. The lowest BCUT2D eigenvalue weighted by molar-refractivity contribution is -0.00146. The van der Waals surface area contributed by atoms with Crippen molar-refractivity contribution in [3.8, 4) is 0 Å². The highest BCUT2D eigenvalue weighted by molar-refractivity contribution is 5.86. The van der Waals surface area contributed by atoms with Gasteiger partial charge in [-0.2, -0.15) is 0 Å². The number of benzene rings is 1. The van der Waals surface area contributed by atoms with E-state index >= 15 is 0 Å². The fourth-order valence-electron chi connectivity index (χ4n) is 4.26. The number of hydrogen-bond donors (Lipinski definition) is 0. The molecule has 3 heterocycles. The van der Waals surface area contributed by atoms with Crippen molar-refractivity contribution in [1.82, 2.24) is 14.5 Å². The van der Waals surface area contributed by atoms with Crippen LogP contribution in [-0.2, 0) is 24.2 Å². The first-order valence-electron chi connectivity index (χ1n) is 10.6. The van der Waals surface area contributed by atoms with E-state index in [0.29, 0.717) is 0 Å². The van der Waals surface area contributed by atoms with Crippen molar-refractivity contribution in [2.75, 3.05) is 20.2 Å². The van der Waals surface area contributed by atoms with Gasteiger partial charge in [-0.15, -0.1) is 0 Å². The molecular weight excluding hydrogens is 358 g/mol. The highest BCUT2D eigenvalue weighted by Gasteiger charge is 2.25. The number of ether oxygens (including phenoxy) is 1. The summed E-state index contributed by atoms with van der Waals surface area (Å²) in [5.41, 5.74) is 6.93. The van der Waals surface area contributed by atoms with Gasteiger partial charge in [-0.1, -0.05) is 32.4 Å². The van der Waals surface area contributed by atoms with Crippen LogP contribution in [0.1, 0.15) is 49.3 Å². The molecule has 0 N–H and O–H groups in total. The van der Waals surface area contributed by atoms with E-state index in [1.807, 2.05) is 12.4 Å². The Morgan fingerprint density at radius 2 is 1.90 bits per heavy atom. The smallest absolute Gasteiger partial charge is 0.100 e. The van der Waals surface area contributed by atoms with Crippen molar-refractivity contribution >= 4 is 10.9 Å². The van der Waals surface area contributed by atoms with Crippen LogP contribution in [0.25, 0.3) is 10.9 Å². The standard InChI is InChI=1S/C25H33N3O/c1-18-6-7-22-20(14-18)21-15-27(5)13-10-23(21)28(22)16-24(29-17-25(2,3)4)19-8-11-26-12-9-19/h6-9,11-12,14,24H,10,13,15-17H2,1-5H3. The van der Waals surface area contributed by atoms with Gasteiger partial charge in [-0.05, 0) is 54.8 Å². The average molecular weight is 392 g/mol. The van der Waals surface area contributed by atoms with Crippen LogP contribution in [-0.4, -0.2) is 34.7 Å². The molecule has 0 spiro atoms. The van der Waals surface area contributed by atoms with Crippen LogP contribution < -0.4 is 0 Å². The monoisotopic (exact) mass is 391 g/mol. The fraction of sp³-hybridized carbons (Fsp3) is 0.480.